The molecule has 6 heteroatoms. The zero-order valence-electron chi connectivity index (χ0n) is 52.0. The summed E-state index contributed by atoms with van der Waals surface area (Å²) in [5.41, 5.74) is 0. The van der Waals surface area contributed by atoms with Gasteiger partial charge < -0.3 is 20.3 Å². The van der Waals surface area contributed by atoms with Crippen LogP contribution in [0.15, 0.2) is 0 Å². The monoisotopic (exact) mass is 1070 g/mol. The Morgan fingerprint density at radius 3 is 0.803 bits per heavy atom. The normalized spacial score (nSPS) is 12.4. The molecule has 0 aliphatic carbocycles. The van der Waals surface area contributed by atoms with Crippen LogP contribution in [0.2, 0.25) is 0 Å². The molecule has 0 aromatic carbocycles. The van der Waals surface area contributed by atoms with Gasteiger partial charge in [0.05, 0.1) is 25.4 Å². The SMILES string of the molecule is CCCCCCCCCCCCCCCCCCCCC(O)C(CO)NC(=O)CCCCCCCCCCCCCCCCCCCCCCCCCCCCCOC(=O)CCCCCCCCCCCCCCCC. The summed E-state index contributed by atoms with van der Waals surface area (Å²) in [7, 11) is 0. The van der Waals surface area contributed by atoms with Gasteiger partial charge in [0.2, 0.25) is 5.91 Å². The number of esters is 1. The molecule has 0 aromatic rings. The van der Waals surface area contributed by atoms with Crippen LogP contribution in [-0.2, 0) is 14.3 Å². The lowest BCUT2D eigenvalue weighted by molar-refractivity contribution is -0.143. The third-order valence-electron chi connectivity index (χ3n) is 16.9. The Morgan fingerprint density at radius 1 is 0.316 bits per heavy atom. The summed E-state index contributed by atoms with van der Waals surface area (Å²) in [5, 5.41) is 23.4. The van der Waals surface area contributed by atoms with Crippen molar-refractivity contribution in [2.75, 3.05) is 13.2 Å². The molecule has 0 spiro atoms. The van der Waals surface area contributed by atoms with E-state index < -0.39 is 12.1 Å². The van der Waals surface area contributed by atoms with E-state index in [9.17, 15) is 19.8 Å². The molecule has 0 aromatic heterocycles. The van der Waals surface area contributed by atoms with E-state index in [4.69, 9.17) is 4.74 Å². The summed E-state index contributed by atoms with van der Waals surface area (Å²) >= 11 is 0. The second-order valence-electron chi connectivity index (χ2n) is 24.6. The molecule has 0 saturated heterocycles. The van der Waals surface area contributed by atoms with Gasteiger partial charge in [0.25, 0.3) is 0 Å². The van der Waals surface area contributed by atoms with Gasteiger partial charge in [-0.25, -0.2) is 0 Å². The van der Waals surface area contributed by atoms with Gasteiger partial charge in [0, 0.05) is 12.8 Å². The number of rotatable bonds is 67. The summed E-state index contributed by atoms with van der Waals surface area (Å²) < 4.78 is 5.50. The molecular formula is C70H139NO5. The molecular weight excluding hydrogens is 935 g/mol. The first-order chi connectivity index (χ1) is 37.5. The third-order valence-corrected chi connectivity index (χ3v) is 16.9. The standard InChI is InChI=1S/C70H139NO5/c1-3-5-7-9-11-13-15-17-19-20-32-35-38-42-46-50-54-58-62-68(73)67(66-72)71-69(74)63-59-55-51-47-43-39-36-33-30-28-26-24-22-21-23-25-27-29-31-34-37-41-45-49-53-57-61-65-76-70(75)64-60-56-52-48-44-40-18-16-14-12-10-8-6-4-2/h67-68,72-73H,3-66H2,1-2H3,(H,71,74). The van der Waals surface area contributed by atoms with Crippen LogP contribution < -0.4 is 5.32 Å². The molecule has 3 N–H and O–H groups in total. The first kappa shape index (κ1) is 74.9. The van der Waals surface area contributed by atoms with Gasteiger partial charge in [0.1, 0.15) is 0 Å². The van der Waals surface area contributed by atoms with E-state index >= 15 is 0 Å². The molecule has 0 bridgehead atoms. The smallest absolute Gasteiger partial charge is 0.305 e. The number of nitrogens with one attached hydrogen (secondary N) is 1. The van der Waals surface area contributed by atoms with E-state index in [1.165, 1.54) is 340 Å². The van der Waals surface area contributed by atoms with E-state index in [0.717, 1.165) is 38.5 Å². The third kappa shape index (κ3) is 62.1. The number of aliphatic hydroxyl groups excluding tert-OH is 2. The minimum atomic E-state index is -0.662. The Labute approximate surface area is 476 Å². The number of amides is 1. The van der Waals surface area contributed by atoms with Crippen LogP contribution in [0.1, 0.15) is 412 Å². The fraction of sp³-hybridized carbons (Fsp3) is 0.971. The number of hydrogen-bond acceptors (Lipinski definition) is 5. The van der Waals surface area contributed by atoms with Crippen molar-refractivity contribution in [3.05, 3.63) is 0 Å². The second kappa shape index (κ2) is 66.4. The summed E-state index contributed by atoms with van der Waals surface area (Å²) in [6.45, 7) is 5.00. The van der Waals surface area contributed by atoms with E-state index in [0.29, 0.717) is 25.9 Å². The molecule has 76 heavy (non-hydrogen) atoms. The van der Waals surface area contributed by atoms with Crippen molar-refractivity contribution in [1.82, 2.24) is 5.32 Å². The highest BCUT2D eigenvalue weighted by Gasteiger charge is 2.20. The minimum Gasteiger partial charge on any atom is -0.466 e. The molecule has 0 rings (SSSR count). The fourth-order valence-electron chi connectivity index (χ4n) is 11.5. The summed E-state index contributed by atoms with van der Waals surface area (Å²) in [4.78, 5) is 24.6. The zero-order valence-corrected chi connectivity index (χ0v) is 52.0. The first-order valence-electron chi connectivity index (χ1n) is 35.3. The Balaban J connectivity index is 3.33. The van der Waals surface area contributed by atoms with Gasteiger partial charge in [-0.05, 0) is 25.7 Å². The maximum absolute atomic E-state index is 12.5. The predicted molar refractivity (Wildman–Crippen MR) is 334 cm³/mol. The van der Waals surface area contributed by atoms with E-state index in [1.54, 1.807) is 0 Å². The lowest BCUT2D eigenvalue weighted by Gasteiger charge is -2.22. The molecule has 0 aliphatic rings. The minimum absolute atomic E-state index is 0.0216. The van der Waals surface area contributed by atoms with Crippen molar-refractivity contribution in [3.63, 3.8) is 0 Å². The molecule has 0 radical (unpaired) electrons. The van der Waals surface area contributed by atoms with Crippen molar-refractivity contribution < 1.29 is 24.5 Å². The van der Waals surface area contributed by atoms with Gasteiger partial charge in [0.15, 0.2) is 0 Å². The highest BCUT2D eigenvalue weighted by molar-refractivity contribution is 5.76. The van der Waals surface area contributed by atoms with Crippen LogP contribution >= 0.6 is 0 Å². The van der Waals surface area contributed by atoms with Crippen LogP contribution in [0.4, 0.5) is 0 Å². The van der Waals surface area contributed by atoms with Crippen molar-refractivity contribution in [2.45, 2.75) is 424 Å². The van der Waals surface area contributed by atoms with E-state index in [1.807, 2.05) is 0 Å². The van der Waals surface area contributed by atoms with Gasteiger partial charge in [-0.15, -0.1) is 0 Å². The highest BCUT2D eigenvalue weighted by Crippen LogP contribution is 2.20. The molecule has 0 aliphatic heterocycles. The molecule has 0 heterocycles. The van der Waals surface area contributed by atoms with Crippen LogP contribution in [0.3, 0.4) is 0 Å². The zero-order chi connectivity index (χ0) is 55.0. The summed E-state index contributed by atoms with van der Waals surface area (Å²) in [6, 6.07) is -0.539. The molecule has 0 fully saturated rings. The van der Waals surface area contributed by atoms with Gasteiger partial charge in [-0.3, -0.25) is 9.59 Å². The van der Waals surface area contributed by atoms with Crippen molar-refractivity contribution in [2.24, 2.45) is 0 Å². The topological polar surface area (TPSA) is 95.9 Å². The maximum atomic E-state index is 12.5. The average Bonchev–Trinajstić information content (AvgIpc) is 3.42. The Hall–Kier alpha value is -1.14. The van der Waals surface area contributed by atoms with Crippen LogP contribution in [-0.4, -0.2) is 47.4 Å². The molecule has 454 valence electrons. The molecule has 1 amide bonds. The van der Waals surface area contributed by atoms with Gasteiger partial charge in [-0.1, -0.05) is 373 Å². The molecule has 2 atom stereocenters. The highest BCUT2D eigenvalue weighted by atomic mass is 16.5. The Kier molecular flexibility index (Phi) is 65.4. The van der Waals surface area contributed by atoms with E-state index in [-0.39, 0.29) is 18.5 Å². The number of carbonyl (C=O) groups excluding carboxylic acids is 2. The summed E-state index contributed by atoms with van der Waals surface area (Å²) in [6.07, 6.45) is 80.1. The number of aliphatic hydroxyl groups is 2. The van der Waals surface area contributed by atoms with Crippen molar-refractivity contribution >= 4 is 11.9 Å². The van der Waals surface area contributed by atoms with Crippen LogP contribution in [0.25, 0.3) is 0 Å². The summed E-state index contributed by atoms with van der Waals surface area (Å²) in [5.74, 6) is -0.00583. The lowest BCUT2D eigenvalue weighted by Crippen LogP contribution is -2.45. The first-order valence-corrected chi connectivity index (χ1v) is 35.3. The Bertz CT molecular complexity index is 1100. The number of unbranched alkanes of at least 4 members (excludes halogenated alkanes) is 56. The van der Waals surface area contributed by atoms with Crippen LogP contribution in [0, 0.1) is 0 Å². The molecule has 0 saturated carbocycles. The Morgan fingerprint density at radius 2 is 0.539 bits per heavy atom. The fourth-order valence-corrected chi connectivity index (χ4v) is 11.5. The largest absolute Gasteiger partial charge is 0.466 e. The van der Waals surface area contributed by atoms with Crippen LogP contribution in [0.5, 0.6) is 0 Å². The second-order valence-corrected chi connectivity index (χ2v) is 24.6. The van der Waals surface area contributed by atoms with Gasteiger partial charge >= 0.3 is 5.97 Å². The lowest BCUT2D eigenvalue weighted by atomic mass is 10.0. The van der Waals surface area contributed by atoms with Crippen molar-refractivity contribution in [3.8, 4) is 0 Å². The molecule has 2 unspecified atom stereocenters. The van der Waals surface area contributed by atoms with E-state index in [2.05, 4.69) is 19.2 Å². The number of hydrogen-bond donors (Lipinski definition) is 3. The quantitative estimate of drug-likeness (QED) is 0.0417. The van der Waals surface area contributed by atoms with Gasteiger partial charge in [-0.2, -0.15) is 0 Å². The number of ether oxygens (including phenoxy) is 1. The predicted octanol–water partition coefficient (Wildman–Crippen LogP) is 22.6. The average molecular weight is 1070 g/mol. The van der Waals surface area contributed by atoms with Crippen molar-refractivity contribution in [1.29, 1.82) is 0 Å². The maximum Gasteiger partial charge on any atom is 0.305 e. The molecule has 6 nitrogen and oxygen atoms in total. The number of carbonyl (C=O) groups is 2.